The lowest BCUT2D eigenvalue weighted by atomic mass is 10.1. The molecule has 1 unspecified atom stereocenters. The predicted octanol–water partition coefficient (Wildman–Crippen LogP) is 0.855. The zero-order valence-corrected chi connectivity index (χ0v) is 9.65. The topological polar surface area (TPSA) is 106 Å². The van der Waals surface area contributed by atoms with Crippen molar-refractivity contribution >= 4 is 23.8 Å². The van der Waals surface area contributed by atoms with Gasteiger partial charge < -0.3 is 15.2 Å². The summed E-state index contributed by atoms with van der Waals surface area (Å²) in [5, 5.41) is 0.388. The fourth-order valence-corrected chi connectivity index (χ4v) is 1.49. The van der Waals surface area contributed by atoms with E-state index in [-0.39, 0.29) is 6.61 Å². The third-order valence-corrected chi connectivity index (χ3v) is 2.25. The number of rotatable bonds is 4. The standard InChI is InChI=1S/C10H11ClN2O4/c11-7-4-2-1-3-6(7)8(17-10(13)15)5-16-9(12)14/h1-4,8H,5H2,(H2,12,14)(H2,13,15)/p+1. The summed E-state index contributed by atoms with van der Waals surface area (Å²) in [5.74, 6) is 0. The van der Waals surface area contributed by atoms with Crippen LogP contribution in [0.2, 0.25) is 5.02 Å². The number of hydrogen-bond donors (Lipinski definition) is 2. The van der Waals surface area contributed by atoms with Crippen LogP contribution < -0.4 is 11.5 Å². The van der Waals surface area contributed by atoms with E-state index < -0.39 is 18.3 Å². The Morgan fingerprint density at radius 1 is 1.41 bits per heavy atom. The largest absolute Gasteiger partial charge is 0.511 e. The molecule has 0 heterocycles. The highest BCUT2D eigenvalue weighted by atomic mass is 35.5. The molecule has 92 valence electrons. The minimum absolute atomic E-state index is 0.186. The molecule has 17 heavy (non-hydrogen) atoms. The molecule has 0 aliphatic heterocycles. The van der Waals surface area contributed by atoms with Crippen molar-refractivity contribution < 1.29 is 24.8 Å². The SMILES string of the molecule is NC(=O)OC(COC([NH3+])=O)c1ccccc1Cl. The van der Waals surface area contributed by atoms with Gasteiger partial charge in [0.25, 0.3) is 0 Å². The van der Waals surface area contributed by atoms with E-state index in [9.17, 15) is 9.59 Å². The lowest BCUT2D eigenvalue weighted by Crippen LogP contribution is -2.57. The van der Waals surface area contributed by atoms with Crippen LogP contribution >= 0.6 is 11.6 Å². The van der Waals surface area contributed by atoms with Crippen molar-refractivity contribution in [1.29, 1.82) is 0 Å². The molecule has 1 rings (SSSR count). The number of halogens is 1. The lowest BCUT2D eigenvalue weighted by Gasteiger charge is -2.16. The average Bonchev–Trinajstić information content (AvgIpc) is 2.24. The maximum atomic E-state index is 10.7. The summed E-state index contributed by atoms with van der Waals surface area (Å²) in [6.07, 6.45) is -2.54. The number of quaternary nitrogens is 1. The third-order valence-electron chi connectivity index (χ3n) is 1.91. The molecule has 2 amide bonds. The first kappa shape index (κ1) is 13.3. The summed E-state index contributed by atoms with van der Waals surface area (Å²) in [4.78, 5) is 21.4. The van der Waals surface area contributed by atoms with E-state index in [4.69, 9.17) is 22.1 Å². The molecule has 1 atom stereocenters. The molecule has 0 aliphatic rings. The molecule has 0 bridgehead atoms. The molecule has 0 aromatic heterocycles. The van der Waals surface area contributed by atoms with Gasteiger partial charge in [-0.25, -0.2) is 4.79 Å². The fourth-order valence-electron chi connectivity index (χ4n) is 1.23. The van der Waals surface area contributed by atoms with Crippen molar-refractivity contribution in [2.75, 3.05) is 6.61 Å². The number of primary amides is 1. The second kappa shape index (κ2) is 6.07. The van der Waals surface area contributed by atoms with Crippen molar-refractivity contribution in [2.24, 2.45) is 5.73 Å². The van der Waals surface area contributed by atoms with E-state index in [1.165, 1.54) is 0 Å². The maximum Gasteiger partial charge on any atom is 0.511 e. The molecule has 0 aliphatic carbocycles. The van der Waals surface area contributed by atoms with Crippen LogP contribution in [-0.2, 0) is 9.47 Å². The average molecular weight is 260 g/mol. The molecule has 5 N–H and O–H groups in total. The van der Waals surface area contributed by atoms with E-state index in [1.54, 1.807) is 24.3 Å². The molecule has 1 aromatic rings. The van der Waals surface area contributed by atoms with Crippen molar-refractivity contribution in [3.63, 3.8) is 0 Å². The first-order valence-corrected chi connectivity index (χ1v) is 5.07. The molecule has 0 spiro atoms. The van der Waals surface area contributed by atoms with E-state index in [0.717, 1.165) is 0 Å². The monoisotopic (exact) mass is 259 g/mol. The van der Waals surface area contributed by atoms with Crippen LogP contribution in [0.3, 0.4) is 0 Å². The van der Waals surface area contributed by atoms with Gasteiger partial charge in [0.1, 0.15) is 6.61 Å². The molecule has 7 heteroatoms. The Labute approximate surface area is 102 Å². The van der Waals surface area contributed by atoms with Gasteiger partial charge >= 0.3 is 12.2 Å². The number of carbonyl (C=O) groups is 2. The summed E-state index contributed by atoms with van der Waals surface area (Å²) in [7, 11) is 0. The van der Waals surface area contributed by atoms with Gasteiger partial charge in [-0.1, -0.05) is 29.8 Å². The van der Waals surface area contributed by atoms with Gasteiger partial charge in [-0.15, -0.1) is 0 Å². The van der Waals surface area contributed by atoms with Gasteiger partial charge in [0.15, 0.2) is 6.10 Å². The second-order valence-corrected chi connectivity index (χ2v) is 3.54. The fraction of sp³-hybridized carbons (Fsp3) is 0.200. The van der Waals surface area contributed by atoms with Gasteiger partial charge in [-0.3, -0.25) is 5.73 Å². The highest BCUT2D eigenvalue weighted by Crippen LogP contribution is 2.25. The second-order valence-electron chi connectivity index (χ2n) is 3.13. The number of hydrogen-bond acceptors (Lipinski definition) is 4. The summed E-state index contributed by atoms with van der Waals surface area (Å²) in [6, 6.07) is 6.71. The molecular formula is C10H12ClN2O4+. The first-order chi connectivity index (χ1) is 8.00. The summed E-state index contributed by atoms with van der Waals surface area (Å²) in [5.41, 5.74) is 8.48. The van der Waals surface area contributed by atoms with Crippen LogP contribution in [-0.4, -0.2) is 18.8 Å². The molecular weight excluding hydrogens is 248 g/mol. The Bertz CT molecular complexity index is 425. The highest BCUT2D eigenvalue weighted by Gasteiger charge is 2.20. The molecule has 0 saturated heterocycles. The smallest absolute Gasteiger partial charge is 0.438 e. The summed E-state index contributed by atoms with van der Waals surface area (Å²) < 4.78 is 9.49. The zero-order chi connectivity index (χ0) is 12.8. The summed E-state index contributed by atoms with van der Waals surface area (Å²) in [6.45, 7) is -0.186. The molecule has 0 saturated carbocycles. The minimum atomic E-state index is -0.977. The van der Waals surface area contributed by atoms with Crippen molar-refractivity contribution in [3.05, 3.63) is 34.9 Å². The van der Waals surface area contributed by atoms with Gasteiger partial charge in [0.2, 0.25) is 0 Å². The van der Waals surface area contributed by atoms with Gasteiger partial charge in [0.05, 0.1) is 0 Å². The number of benzene rings is 1. The van der Waals surface area contributed by atoms with E-state index in [1.807, 2.05) is 0 Å². The Hall–Kier alpha value is -1.79. The number of nitrogens with two attached hydrogens (primary N) is 1. The molecule has 0 fully saturated rings. The maximum absolute atomic E-state index is 10.7. The van der Waals surface area contributed by atoms with Gasteiger partial charge in [0, 0.05) is 10.6 Å². The Morgan fingerprint density at radius 2 is 2.06 bits per heavy atom. The van der Waals surface area contributed by atoms with Crippen LogP contribution in [0.25, 0.3) is 0 Å². The number of amides is 2. The molecule has 6 nitrogen and oxygen atoms in total. The quantitative estimate of drug-likeness (QED) is 0.836. The number of carbonyl (C=O) groups excluding carboxylic acids is 2. The van der Waals surface area contributed by atoms with Gasteiger partial charge in [-0.05, 0) is 6.07 Å². The van der Waals surface area contributed by atoms with Crippen LogP contribution in [0, 0.1) is 0 Å². The first-order valence-electron chi connectivity index (χ1n) is 4.70. The number of ether oxygens (including phenoxy) is 2. The van der Waals surface area contributed by atoms with Crippen molar-refractivity contribution in [2.45, 2.75) is 6.10 Å². The molecule has 1 aromatic carbocycles. The Kier molecular flexibility index (Phi) is 4.74. The van der Waals surface area contributed by atoms with Crippen molar-refractivity contribution in [1.82, 2.24) is 0 Å². The van der Waals surface area contributed by atoms with Crippen molar-refractivity contribution in [3.8, 4) is 0 Å². The van der Waals surface area contributed by atoms with Gasteiger partial charge in [-0.2, -0.15) is 4.79 Å². The van der Waals surface area contributed by atoms with E-state index in [0.29, 0.717) is 10.6 Å². The summed E-state index contributed by atoms with van der Waals surface area (Å²) >= 11 is 5.93. The normalized spacial score (nSPS) is 11.6. The van der Waals surface area contributed by atoms with Crippen LogP contribution in [0.1, 0.15) is 11.7 Å². The lowest BCUT2D eigenvalue weighted by molar-refractivity contribution is -0.284. The molecule has 0 radical (unpaired) electrons. The van der Waals surface area contributed by atoms with E-state index >= 15 is 0 Å². The van der Waals surface area contributed by atoms with Crippen LogP contribution in [0.5, 0.6) is 0 Å². The predicted molar refractivity (Wildman–Crippen MR) is 59.1 cm³/mol. The van der Waals surface area contributed by atoms with E-state index in [2.05, 4.69) is 10.5 Å². The Morgan fingerprint density at radius 3 is 2.59 bits per heavy atom. The van der Waals surface area contributed by atoms with Crippen LogP contribution in [0.15, 0.2) is 24.3 Å². The van der Waals surface area contributed by atoms with Crippen LogP contribution in [0.4, 0.5) is 9.59 Å². The Balaban J connectivity index is 2.85. The highest BCUT2D eigenvalue weighted by molar-refractivity contribution is 6.31. The third kappa shape index (κ3) is 4.29. The zero-order valence-electron chi connectivity index (χ0n) is 8.89. The minimum Gasteiger partial charge on any atom is -0.438 e.